The fourth-order valence-electron chi connectivity index (χ4n) is 3.00. The van der Waals surface area contributed by atoms with Crippen LogP contribution in [0.5, 0.6) is 0 Å². The van der Waals surface area contributed by atoms with Crippen LogP contribution in [0.15, 0.2) is 24.3 Å². The molecule has 1 heterocycles. The van der Waals surface area contributed by atoms with Gasteiger partial charge in [0.15, 0.2) is 0 Å². The third-order valence-electron chi connectivity index (χ3n) is 4.31. The summed E-state index contributed by atoms with van der Waals surface area (Å²) in [6.07, 6.45) is 2.07. The number of rotatable bonds is 4. The molecule has 1 fully saturated rings. The van der Waals surface area contributed by atoms with Crippen LogP contribution in [0, 0.1) is 5.92 Å². The largest absolute Gasteiger partial charge is 0.347 e. The summed E-state index contributed by atoms with van der Waals surface area (Å²) in [6.45, 7) is 9.14. The maximum absolute atomic E-state index is 12.6. The minimum atomic E-state index is -0.454. The van der Waals surface area contributed by atoms with Crippen molar-refractivity contribution >= 4 is 17.5 Å². The van der Waals surface area contributed by atoms with Gasteiger partial charge in [-0.2, -0.15) is 0 Å². The average molecular weight is 309 g/mol. The van der Waals surface area contributed by atoms with Gasteiger partial charge in [-0.25, -0.2) is 0 Å². The molecule has 0 radical (unpaired) electrons. The molecule has 3 nitrogen and oxygen atoms in total. The Morgan fingerprint density at radius 1 is 1.43 bits per heavy atom. The van der Waals surface area contributed by atoms with E-state index in [-0.39, 0.29) is 11.8 Å². The van der Waals surface area contributed by atoms with Crippen LogP contribution < -0.4 is 5.32 Å². The van der Waals surface area contributed by atoms with E-state index in [1.165, 1.54) is 0 Å². The quantitative estimate of drug-likeness (QED) is 0.924. The van der Waals surface area contributed by atoms with E-state index < -0.39 is 5.54 Å². The van der Waals surface area contributed by atoms with Crippen LogP contribution in [0.2, 0.25) is 5.02 Å². The second-order valence-corrected chi connectivity index (χ2v) is 6.73. The van der Waals surface area contributed by atoms with E-state index in [1.54, 1.807) is 0 Å². The average Bonchev–Trinajstić information content (AvgIpc) is 2.47. The zero-order valence-corrected chi connectivity index (χ0v) is 13.9. The van der Waals surface area contributed by atoms with Crippen LogP contribution in [0.4, 0.5) is 0 Å². The van der Waals surface area contributed by atoms with Gasteiger partial charge in [0.2, 0.25) is 5.91 Å². The third-order valence-corrected chi connectivity index (χ3v) is 4.64. The molecule has 0 bridgehead atoms. The van der Waals surface area contributed by atoms with Gasteiger partial charge in [0, 0.05) is 11.6 Å². The van der Waals surface area contributed by atoms with Crippen molar-refractivity contribution < 1.29 is 4.79 Å². The molecule has 2 rings (SSSR count). The molecule has 1 saturated heterocycles. The van der Waals surface area contributed by atoms with E-state index >= 15 is 0 Å². The monoisotopic (exact) mass is 308 g/mol. The summed E-state index contributed by atoms with van der Waals surface area (Å²) in [5.74, 6) is 0.221. The van der Waals surface area contributed by atoms with Gasteiger partial charge < -0.3 is 10.2 Å². The van der Waals surface area contributed by atoms with Gasteiger partial charge in [0.05, 0.1) is 11.5 Å². The molecule has 1 aliphatic heterocycles. The van der Waals surface area contributed by atoms with Crippen molar-refractivity contribution in [3.05, 3.63) is 34.9 Å². The fourth-order valence-corrected chi connectivity index (χ4v) is 3.37. The highest BCUT2D eigenvalue weighted by atomic mass is 35.5. The summed E-state index contributed by atoms with van der Waals surface area (Å²) < 4.78 is 0. The Hall–Kier alpha value is -1.06. The number of amides is 1. The Morgan fingerprint density at radius 2 is 2.14 bits per heavy atom. The predicted molar refractivity (Wildman–Crippen MR) is 87.5 cm³/mol. The van der Waals surface area contributed by atoms with Gasteiger partial charge in [-0.05, 0) is 51.4 Å². The Balaban J connectivity index is 2.06. The molecule has 1 aliphatic rings. The summed E-state index contributed by atoms with van der Waals surface area (Å²) in [5.41, 5.74) is 0.507. The SMILES string of the molecule is CCN1CCC[C@H](C(=O)NC(C)(C)c2ccccc2Cl)C1. The Morgan fingerprint density at radius 3 is 2.81 bits per heavy atom. The maximum atomic E-state index is 12.6. The van der Waals surface area contributed by atoms with E-state index in [9.17, 15) is 4.79 Å². The van der Waals surface area contributed by atoms with E-state index in [4.69, 9.17) is 11.6 Å². The van der Waals surface area contributed by atoms with E-state index in [2.05, 4.69) is 17.1 Å². The zero-order valence-electron chi connectivity index (χ0n) is 13.2. The van der Waals surface area contributed by atoms with E-state index in [1.807, 2.05) is 38.1 Å². The summed E-state index contributed by atoms with van der Waals surface area (Å²) in [4.78, 5) is 14.9. The number of halogens is 1. The van der Waals surface area contributed by atoms with Crippen LogP contribution in [-0.4, -0.2) is 30.4 Å². The predicted octanol–water partition coefficient (Wildman–Crippen LogP) is 3.42. The van der Waals surface area contributed by atoms with Crippen LogP contribution in [-0.2, 0) is 10.3 Å². The first kappa shape index (κ1) is 16.3. The zero-order chi connectivity index (χ0) is 15.5. The second-order valence-electron chi connectivity index (χ2n) is 6.33. The Bertz CT molecular complexity index is 501. The number of piperidine rings is 1. The van der Waals surface area contributed by atoms with Gasteiger partial charge in [0.1, 0.15) is 0 Å². The first-order valence-corrected chi connectivity index (χ1v) is 8.11. The number of carbonyl (C=O) groups is 1. The van der Waals surface area contributed by atoms with Crippen molar-refractivity contribution in [2.75, 3.05) is 19.6 Å². The molecule has 116 valence electrons. The lowest BCUT2D eigenvalue weighted by molar-refractivity contribution is -0.128. The number of likely N-dealkylation sites (tertiary alicyclic amines) is 1. The van der Waals surface area contributed by atoms with Crippen molar-refractivity contribution in [3.63, 3.8) is 0 Å². The molecule has 0 aromatic heterocycles. The molecule has 4 heteroatoms. The first-order chi connectivity index (χ1) is 9.94. The van der Waals surface area contributed by atoms with Crippen LogP contribution in [0.25, 0.3) is 0 Å². The number of nitrogens with zero attached hydrogens (tertiary/aromatic N) is 1. The third kappa shape index (κ3) is 3.98. The molecule has 1 N–H and O–H groups in total. The van der Waals surface area contributed by atoms with Gasteiger partial charge in [-0.15, -0.1) is 0 Å². The lowest BCUT2D eigenvalue weighted by atomic mass is 9.91. The molecule has 21 heavy (non-hydrogen) atoms. The van der Waals surface area contributed by atoms with E-state index in [0.29, 0.717) is 5.02 Å². The smallest absolute Gasteiger partial charge is 0.225 e. The highest BCUT2D eigenvalue weighted by Crippen LogP contribution is 2.28. The van der Waals surface area contributed by atoms with E-state index in [0.717, 1.165) is 38.0 Å². The molecular weight excluding hydrogens is 284 g/mol. The van der Waals surface area contributed by atoms with Gasteiger partial charge in [0.25, 0.3) is 0 Å². The molecule has 0 spiro atoms. The van der Waals surface area contributed by atoms with Crippen molar-refractivity contribution in [2.24, 2.45) is 5.92 Å². The molecule has 0 saturated carbocycles. The molecular formula is C17H25ClN2O. The minimum Gasteiger partial charge on any atom is -0.347 e. The number of nitrogens with one attached hydrogen (secondary N) is 1. The van der Waals surface area contributed by atoms with Crippen molar-refractivity contribution in [3.8, 4) is 0 Å². The summed E-state index contributed by atoms with van der Waals surface area (Å²) >= 11 is 6.26. The summed E-state index contributed by atoms with van der Waals surface area (Å²) in [6, 6.07) is 7.70. The van der Waals surface area contributed by atoms with Crippen molar-refractivity contribution in [1.29, 1.82) is 0 Å². The molecule has 1 aromatic rings. The number of hydrogen-bond donors (Lipinski definition) is 1. The molecule has 0 unspecified atom stereocenters. The molecule has 1 amide bonds. The van der Waals surface area contributed by atoms with Crippen molar-refractivity contribution in [2.45, 2.75) is 39.2 Å². The molecule has 0 aliphatic carbocycles. The highest BCUT2D eigenvalue weighted by molar-refractivity contribution is 6.31. The van der Waals surface area contributed by atoms with Crippen molar-refractivity contribution in [1.82, 2.24) is 10.2 Å². The standard InChI is InChI=1S/C17H25ClN2O/c1-4-20-11-7-8-13(12-20)16(21)19-17(2,3)14-9-5-6-10-15(14)18/h5-6,9-10,13H,4,7-8,11-12H2,1-3H3,(H,19,21)/t13-/m0/s1. The molecule has 1 atom stereocenters. The van der Waals surface area contributed by atoms with Gasteiger partial charge in [-0.3, -0.25) is 4.79 Å². The Kier molecular flexibility index (Phi) is 5.28. The lowest BCUT2D eigenvalue weighted by Gasteiger charge is -2.34. The fraction of sp³-hybridized carbons (Fsp3) is 0.588. The summed E-state index contributed by atoms with van der Waals surface area (Å²) in [7, 11) is 0. The van der Waals surface area contributed by atoms with Gasteiger partial charge in [-0.1, -0.05) is 36.7 Å². The minimum absolute atomic E-state index is 0.0838. The van der Waals surface area contributed by atoms with Crippen LogP contribution >= 0.6 is 11.6 Å². The van der Waals surface area contributed by atoms with Crippen LogP contribution in [0.3, 0.4) is 0 Å². The Labute approximate surface area is 132 Å². The number of carbonyl (C=O) groups excluding carboxylic acids is 1. The van der Waals surface area contributed by atoms with Gasteiger partial charge >= 0.3 is 0 Å². The first-order valence-electron chi connectivity index (χ1n) is 7.73. The number of benzene rings is 1. The molecule has 1 aromatic carbocycles. The van der Waals surface area contributed by atoms with Crippen LogP contribution in [0.1, 0.15) is 39.2 Å². The normalized spacial score (nSPS) is 20.3. The topological polar surface area (TPSA) is 32.3 Å². The maximum Gasteiger partial charge on any atom is 0.225 e. The lowest BCUT2D eigenvalue weighted by Crippen LogP contribution is -2.48. The summed E-state index contributed by atoms with van der Waals surface area (Å²) in [5, 5.41) is 3.87. The highest BCUT2D eigenvalue weighted by Gasteiger charge is 2.30. The second kappa shape index (κ2) is 6.80. The number of hydrogen-bond acceptors (Lipinski definition) is 2.